The van der Waals surface area contributed by atoms with Crippen LogP contribution in [0.4, 0.5) is 5.69 Å². The first kappa shape index (κ1) is 30.5. The maximum absolute atomic E-state index is 13.2. The molecule has 0 amide bonds. The fourth-order valence-electron chi connectivity index (χ4n) is 5.63. The van der Waals surface area contributed by atoms with E-state index in [4.69, 9.17) is 4.98 Å². The van der Waals surface area contributed by atoms with Gasteiger partial charge < -0.3 is 10.3 Å². The molecular weight excluding hydrogens is 605 g/mol. The molecule has 0 aliphatic heterocycles. The molecule has 2 N–H and O–H groups in total. The summed E-state index contributed by atoms with van der Waals surface area (Å²) in [4.78, 5) is 8.49. The Hall–Kier alpha value is -4.51. The Morgan fingerprint density at radius 3 is 2.20 bits per heavy atom. The number of benzene rings is 4. The lowest BCUT2D eigenvalue weighted by Gasteiger charge is -2.20. The number of sulfone groups is 1. The number of hydrogen-bond donors (Lipinski definition) is 2. The Bertz CT molecular complexity index is 2180. The van der Waals surface area contributed by atoms with Gasteiger partial charge in [-0.3, -0.25) is 4.31 Å². The predicted molar refractivity (Wildman–Crippen MR) is 183 cm³/mol. The Kier molecular flexibility index (Phi) is 8.46. The van der Waals surface area contributed by atoms with E-state index in [9.17, 15) is 16.8 Å². The van der Waals surface area contributed by atoms with Gasteiger partial charge >= 0.3 is 0 Å². The van der Waals surface area contributed by atoms with Gasteiger partial charge in [0.2, 0.25) is 10.0 Å². The van der Waals surface area contributed by atoms with E-state index in [1.54, 1.807) is 44.4 Å². The Balaban J connectivity index is 1.45. The lowest BCUT2D eigenvalue weighted by molar-refractivity contribution is 0.589. The topological polar surface area (TPSA) is 112 Å². The van der Waals surface area contributed by atoms with Crippen molar-refractivity contribution in [2.45, 2.75) is 17.1 Å². The van der Waals surface area contributed by atoms with Crippen molar-refractivity contribution in [1.82, 2.24) is 15.3 Å². The summed E-state index contributed by atoms with van der Waals surface area (Å²) in [5.74, 6) is -0.0692. The highest BCUT2D eigenvalue weighted by Gasteiger charge is 2.21. The second kappa shape index (κ2) is 12.5. The van der Waals surface area contributed by atoms with E-state index in [0.717, 1.165) is 38.5 Å². The minimum absolute atomic E-state index is 0.0556. The molecule has 0 aliphatic rings. The summed E-state index contributed by atoms with van der Waals surface area (Å²) < 4.78 is 53.5. The Morgan fingerprint density at radius 2 is 1.51 bits per heavy atom. The number of anilines is 1. The molecule has 4 aromatic carbocycles. The summed E-state index contributed by atoms with van der Waals surface area (Å²) >= 11 is 0. The van der Waals surface area contributed by atoms with Crippen LogP contribution in [0.2, 0.25) is 0 Å². The van der Waals surface area contributed by atoms with Gasteiger partial charge in [-0.2, -0.15) is 0 Å². The molecule has 6 aromatic rings. The molecule has 0 bridgehead atoms. The number of pyridine rings is 1. The largest absolute Gasteiger partial charge is 0.339 e. The zero-order valence-electron chi connectivity index (χ0n) is 25.1. The monoisotopic (exact) mass is 638 g/mol. The normalized spacial score (nSPS) is 12.1. The maximum Gasteiger partial charge on any atom is 0.234 e. The second-order valence-electron chi connectivity index (χ2n) is 11.0. The van der Waals surface area contributed by atoms with Gasteiger partial charge in [0.05, 0.1) is 22.1 Å². The van der Waals surface area contributed by atoms with Gasteiger partial charge in [-0.15, -0.1) is 0 Å². The van der Waals surface area contributed by atoms with Crippen molar-refractivity contribution in [3.8, 4) is 22.3 Å². The highest BCUT2D eigenvalue weighted by Crippen LogP contribution is 2.41. The molecule has 0 fully saturated rings. The molecule has 0 saturated heterocycles. The number of H-pyrrole nitrogens is 1. The van der Waals surface area contributed by atoms with Crippen molar-refractivity contribution in [3.05, 3.63) is 115 Å². The molecule has 0 saturated carbocycles. The van der Waals surface area contributed by atoms with Gasteiger partial charge in [0.25, 0.3) is 0 Å². The minimum Gasteiger partial charge on any atom is -0.339 e. The van der Waals surface area contributed by atoms with Crippen molar-refractivity contribution in [3.63, 3.8) is 0 Å². The summed E-state index contributed by atoms with van der Waals surface area (Å²) in [7, 11) is -3.62. The van der Waals surface area contributed by atoms with Gasteiger partial charge in [-0.05, 0) is 73.1 Å². The second-order valence-corrected chi connectivity index (χ2v) is 15.1. The first-order valence-electron chi connectivity index (χ1n) is 14.7. The standard InChI is InChI=1S/C35H34N4O4S2/c1-36-20-9-21-45(42,43)39(2)28-17-15-26(16-18-28)31-23-37-35-34(33(31)27-10-5-3-6-11-27)30-22-25(14-19-32(30)38-35)24-44(40,41)29-12-7-4-8-13-29/h3-8,10-19,22-23,36H,9,20-21,24H2,1-2H3,(H,37,38). The molecule has 8 nitrogen and oxygen atoms in total. The van der Waals surface area contributed by atoms with Crippen LogP contribution >= 0.6 is 0 Å². The van der Waals surface area contributed by atoms with Crippen molar-refractivity contribution in [2.75, 3.05) is 30.7 Å². The molecule has 2 aromatic heterocycles. The number of hydrogen-bond acceptors (Lipinski definition) is 6. The highest BCUT2D eigenvalue weighted by atomic mass is 32.2. The molecule has 0 aliphatic carbocycles. The molecule has 0 radical (unpaired) electrons. The first-order chi connectivity index (χ1) is 21.7. The zero-order valence-corrected chi connectivity index (χ0v) is 26.7. The first-order valence-corrected chi connectivity index (χ1v) is 17.9. The number of aromatic nitrogens is 2. The van der Waals surface area contributed by atoms with Gasteiger partial charge in [0.1, 0.15) is 5.65 Å². The van der Waals surface area contributed by atoms with E-state index in [1.165, 1.54) is 4.31 Å². The fourth-order valence-corrected chi connectivity index (χ4v) is 8.21. The van der Waals surface area contributed by atoms with E-state index in [1.807, 2.05) is 79.0 Å². The van der Waals surface area contributed by atoms with Gasteiger partial charge in [-0.1, -0.05) is 66.7 Å². The highest BCUT2D eigenvalue weighted by molar-refractivity contribution is 7.92. The molecule has 0 spiro atoms. The molecule has 45 heavy (non-hydrogen) atoms. The third-order valence-corrected chi connectivity index (χ3v) is 11.5. The summed E-state index contributed by atoms with van der Waals surface area (Å²) in [5, 5.41) is 4.75. The average molecular weight is 639 g/mol. The summed E-state index contributed by atoms with van der Waals surface area (Å²) in [6, 6.07) is 31.6. The van der Waals surface area contributed by atoms with Crippen LogP contribution in [0.5, 0.6) is 0 Å². The average Bonchev–Trinajstić information content (AvgIpc) is 3.43. The molecule has 0 atom stereocenters. The van der Waals surface area contributed by atoms with Crippen LogP contribution in [-0.4, -0.2) is 53.2 Å². The van der Waals surface area contributed by atoms with Crippen LogP contribution in [0, 0.1) is 0 Å². The van der Waals surface area contributed by atoms with Gasteiger partial charge in [-0.25, -0.2) is 21.8 Å². The molecule has 0 unspecified atom stereocenters. The van der Waals surface area contributed by atoms with Gasteiger partial charge in [0, 0.05) is 40.7 Å². The van der Waals surface area contributed by atoms with E-state index >= 15 is 0 Å². The number of fused-ring (bicyclic) bond motifs is 3. The van der Waals surface area contributed by atoms with Crippen molar-refractivity contribution < 1.29 is 16.8 Å². The summed E-state index contributed by atoms with van der Waals surface area (Å²) in [5.41, 5.74) is 6.50. The third-order valence-electron chi connectivity index (χ3n) is 7.99. The van der Waals surface area contributed by atoms with E-state index in [0.29, 0.717) is 29.9 Å². The Morgan fingerprint density at radius 1 is 0.822 bits per heavy atom. The number of nitrogens with zero attached hydrogens (tertiary/aromatic N) is 2. The quantitative estimate of drug-likeness (QED) is 0.159. The van der Waals surface area contributed by atoms with Crippen LogP contribution in [-0.2, 0) is 25.6 Å². The number of nitrogens with one attached hydrogen (secondary N) is 2. The lowest BCUT2D eigenvalue weighted by atomic mass is 9.92. The predicted octanol–water partition coefficient (Wildman–Crippen LogP) is 6.40. The smallest absolute Gasteiger partial charge is 0.234 e. The number of rotatable bonds is 11. The van der Waals surface area contributed by atoms with Crippen LogP contribution in [0.3, 0.4) is 0 Å². The molecule has 2 heterocycles. The van der Waals surface area contributed by atoms with Crippen LogP contribution in [0.25, 0.3) is 44.2 Å². The zero-order chi connectivity index (χ0) is 31.6. The fraction of sp³-hybridized carbons (Fsp3) is 0.171. The Labute approximate surface area is 263 Å². The van der Waals surface area contributed by atoms with E-state index in [-0.39, 0.29) is 16.4 Å². The minimum atomic E-state index is -3.54. The summed E-state index contributed by atoms with van der Waals surface area (Å²) in [6.07, 6.45) is 2.35. The lowest BCUT2D eigenvalue weighted by Crippen LogP contribution is -2.30. The van der Waals surface area contributed by atoms with E-state index in [2.05, 4.69) is 10.3 Å². The van der Waals surface area contributed by atoms with Crippen LogP contribution in [0.15, 0.2) is 114 Å². The molecule has 6 rings (SSSR count). The maximum atomic E-state index is 13.2. The van der Waals surface area contributed by atoms with Gasteiger partial charge in [0.15, 0.2) is 9.84 Å². The number of sulfonamides is 1. The summed E-state index contributed by atoms with van der Waals surface area (Å²) in [6.45, 7) is 0.627. The molecule has 230 valence electrons. The van der Waals surface area contributed by atoms with E-state index < -0.39 is 19.9 Å². The SMILES string of the molecule is CNCCCS(=O)(=O)N(C)c1ccc(-c2cnc3[nH]c4ccc(CS(=O)(=O)c5ccccc5)cc4c3c2-c2ccccc2)cc1. The van der Waals surface area contributed by atoms with Crippen molar-refractivity contribution in [2.24, 2.45) is 0 Å². The third kappa shape index (κ3) is 6.22. The van der Waals surface area contributed by atoms with Crippen LogP contribution in [0.1, 0.15) is 12.0 Å². The number of aromatic amines is 1. The van der Waals surface area contributed by atoms with Crippen LogP contribution < -0.4 is 9.62 Å². The molecule has 10 heteroatoms. The van der Waals surface area contributed by atoms with Crippen molar-refractivity contribution >= 4 is 47.5 Å². The molecular formula is C35H34N4O4S2. The van der Waals surface area contributed by atoms with Crippen molar-refractivity contribution in [1.29, 1.82) is 0 Å².